The van der Waals surface area contributed by atoms with Crippen LogP contribution in [0.3, 0.4) is 0 Å². The average molecular weight is 286 g/mol. The molecule has 0 radical (unpaired) electrons. The number of ether oxygens (including phenoxy) is 1. The predicted molar refractivity (Wildman–Crippen MR) is 78.5 cm³/mol. The lowest BCUT2D eigenvalue weighted by molar-refractivity contribution is 0.340. The Hall–Kier alpha value is -3.54. The Morgan fingerprint density at radius 3 is 2.00 bits per heavy atom. The number of nitrogens with zero attached hydrogens (tertiary/aromatic N) is 4. The lowest BCUT2D eigenvalue weighted by Crippen LogP contribution is -1.93. The molecule has 5 heteroatoms. The third-order valence-corrected chi connectivity index (χ3v) is 3.36. The van der Waals surface area contributed by atoms with E-state index in [1.165, 1.54) is 0 Å². The van der Waals surface area contributed by atoms with E-state index in [-0.39, 0.29) is 17.6 Å². The van der Waals surface area contributed by atoms with Gasteiger partial charge >= 0.3 is 0 Å². The number of benzene rings is 1. The number of nitriles is 4. The minimum absolute atomic E-state index is 0.00404. The van der Waals surface area contributed by atoms with Gasteiger partial charge in [-0.2, -0.15) is 21.0 Å². The van der Waals surface area contributed by atoms with E-state index in [1.54, 1.807) is 18.2 Å². The van der Waals surface area contributed by atoms with Crippen LogP contribution in [0.15, 0.2) is 29.3 Å². The SMILES string of the molecule is CCOc1ccc2c(c1)C(=C(C#N)C#N)CC2=C(C#N)C#N. The third kappa shape index (κ3) is 2.40. The number of hydrogen-bond acceptors (Lipinski definition) is 5. The number of fused-ring (bicyclic) bond motifs is 1. The van der Waals surface area contributed by atoms with Crippen LogP contribution in [0, 0.1) is 45.3 Å². The van der Waals surface area contributed by atoms with E-state index in [9.17, 15) is 0 Å². The van der Waals surface area contributed by atoms with Gasteiger partial charge in [0.25, 0.3) is 0 Å². The van der Waals surface area contributed by atoms with Crippen LogP contribution in [0.5, 0.6) is 5.75 Å². The summed E-state index contributed by atoms with van der Waals surface area (Å²) in [5.41, 5.74) is 2.41. The maximum atomic E-state index is 9.12. The first-order chi connectivity index (χ1) is 10.7. The smallest absolute Gasteiger partial charge is 0.133 e. The lowest BCUT2D eigenvalue weighted by Gasteiger charge is -2.06. The summed E-state index contributed by atoms with van der Waals surface area (Å²) in [5, 5.41) is 36.4. The molecular formula is C17H10N4O. The van der Waals surface area contributed by atoms with E-state index >= 15 is 0 Å². The fourth-order valence-electron chi connectivity index (χ4n) is 2.43. The molecule has 1 aromatic carbocycles. The lowest BCUT2D eigenvalue weighted by atomic mass is 10.0. The molecule has 104 valence electrons. The maximum Gasteiger partial charge on any atom is 0.133 e. The maximum absolute atomic E-state index is 9.12. The van der Waals surface area contributed by atoms with Crippen LogP contribution in [-0.2, 0) is 0 Å². The zero-order valence-corrected chi connectivity index (χ0v) is 11.8. The summed E-state index contributed by atoms with van der Waals surface area (Å²) in [5.74, 6) is 0.616. The molecule has 0 atom stereocenters. The van der Waals surface area contributed by atoms with E-state index in [0.29, 0.717) is 34.6 Å². The van der Waals surface area contributed by atoms with Gasteiger partial charge in [-0.05, 0) is 41.3 Å². The molecule has 0 bridgehead atoms. The summed E-state index contributed by atoms with van der Waals surface area (Å²) in [6.45, 7) is 2.35. The second-order valence-corrected chi connectivity index (χ2v) is 4.47. The van der Waals surface area contributed by atoms with Crippen LogP contribution in [0.1, 0.15) is 24.5 Å². The van der Waals surface area contributed by atoms with E-state index < -0.39 is 0 Å². The normalized spacial score (nSPS) is 11.5. The standard InChI is InChI=1S/C17H10N4O/c1-2-22-13-3-4-14-15(11(7-18)8-19)6-16(17(14)5-13)12(9-20)10-21/h3-5H,2,6H2,1H3. The molecular weight excluding hydrogens is 276 g/mol. The average Bonchev–Trinajstić information content (AvgIpc) is 2.90. The van der Waals surface area contributed by atoms with E-state index in [1.807, 2.05) is 31.2 Å². The van der Waals surface area contributed by atoms with Crippen molar-refractivity contribution in [2.24, 2.45) is 0 Å². The minimum Gasteiger partial charge on any atom is -0.494 e. The van der Waals surface area contributed by atoms with Crippen LogP contribution < -0.4 is 4.74 Å². The second kappa shape index (κ2) is 6.27. The van der Waals surface area contributed by atoms with Crippen molar-refractivity contribution in [2.45, 2.75) is 13.3 Å². The predicted octanol–water partition coefficient (Wildman–Crippen LogP) is 3.09. The van der Waals surface area contributed by atoms with Crippen molar-refractivity contribution in [2.75, 3.05) is 6.61 Å². The number of allylic oxidation sites excluding steroid dienone is 4. The highest BCUT2D eigenvalue weighted by molar-refractivity contribution is 5.98. The topological polar surface area (TPSA) is 104 Å². The molecule has 0 fully saturated rings. The Morgan fingerprint density at radius 2 is 1.50 bits per heavy atom. The first-order valence-corrected chi connectivity index (χ1v) is 6.54. The van der Waals surface area contributed by atoms with Gasteiger partial charge in [0.2, 0.25) is 0 Å². The van der Waals surface area contributed by atoms with Crippen LogP contribution in [0.2, 0.25) is 0 Å². The molecule has 1 aliphatic rings. The molecule has 1 aromatic rings. The molecule has 0 aromatic heterocycles. The van der Waals surface area contributed by atoms with Crippen molar-refractivity contribution in [1.29, 1.82) is 21.0 Å². The number of hydrogen-bond donors (Lipinski definition) is 0. The highest BCUT2D eigenvalue weighted by atomic mass is 16.5. The van der Waals surface area contributed by atoms with Gasteiger partial charge in [0.05, 0.1) is 6.61 Å². The summed E-state index contributed by atoms with van der Waals surface area (Å²) in [6.07, 6.45) is 0.220. The van der Waals surface area contributed by atoms with Crippen LogP contribution in [-0.4, -0.2) is 6.61 Å². The highest BCUT2D eigenvalue weighted by Crippen LogP contribution is 2.44. The van der Waals surface area contributed by atoms with Crippen LogP contribution in [0.4, 0.5) is 0 Å². The van der Waals surface area contributed by atoms with E-state index in [0.717, 1.165) is 0 Å². The van der Waals surface area contributed by atoms with Gasteiger partial charge in [0, 0.05) is 6.42 Å². The monoisotopic (exact) mass is 286 g/mol. The molecule has 2 rings (SSSR count). The van der Waals surface area contributed by atoms with Crippen LogP contribution >= 0.6 is 0 Å². The Bertz CT molecular complexity index is 832. The van der Waals surface area contributed by atoms with Crippen molar-refractivity contribution in [3.05, 3.63) is 40.5 Å². The van der Waals surface area contributed by atoms with Gasteiger partial charge in [0.15, 0.2) is 0 Å². The summed E-state index contributed by atoms with van der Waals surface area (Å²) < 4.78 is 5.44. The summed E-state index contributed by atoms with van der Waals surface area (Å²) >= 11 is 0. The molecule has 1 aliphatic carbocycles. The van der Waals surface area contributed by atoms with Gasteiger partial charge in [-0.1, -0.05) is 6.07 Å². The van der Waals surface area contributed by atoms with Gasteiger partial charge in [-0.15, -0.1) is 0 Å². The van der Waals surface area contributed by atoms with Crippen molar-refractivity contribution < 1.29 is 4.74 Å². The summed E-state index contributed by atoms with van der Waals surface area (Å²) in [4.78, 5) is 0. The largest absolute Gasteiger partial charge is 0.494 e. The molecule has 0 saturated heterocycles. The van der Waals surface area contributed by atoms with Crippen molar-refractivity contribution in [3.63, 3.8) is 0 Å². The minimum atomic E-state index is -0.0138. The molecule has 0 saturated carbocycles. The van der Waals surface area contributed by atoms with E-state index in [2.05, 4.69) is 0 Å². The summed E-state index contributed by atoms with van der Waals surface area (Å²) in [6, 6.07) is 12.7. The fourth-order valence-corrected chi connectivity index (χ4v) is 2.43. The van der Waals surface area contributed by atoms with Crippen molar-refractivity contribution in [1.82, 2.24) is 0 Å². The van der Waals surface area contributed by atoms with Crippen LogP contribution in [0.25, 0.3) is 11.1 Å². The summed E-state index contributed by atoms with van der Waals surface area (Å²) in [7, 11) is 0. The molecule has 0 aliphatic heterocycles. The third-order valence-electron chi connectivity index (χ3n) is 3.36. The van der Waals surface area contributed by atoms with E-state index in [4.69, 9.17) is 25.8 Å². The van der Waals surface area contributed by atoms with Crippen molar-refractivity contribution >= 4 is 11.1 Å². The first-order valence-electron chi connectivity index (χ1n) is 6.54. The zero-order chi connectivity index (χ0) is 16.1. The van der Waals surface area contributed by atoms with Gasteiger partial charge in [-0.25, -0.2) is 0 Å². The Balaban J connectivity index is 2.78. The molecule has 0 heterocycles. The fraction of sp³-hybridized carbons (Fsp3) is 0.176. The number of rotatable bonds is 2. The molecule has 5 nitrogen and oxygen atoms in total. The van der Waals surface area contributed by atoms with Gasteiger partial charge < -0.3 is 4.74 Å². The first kappa shape index (κ1) is 14.9. The zero-order valence-electron chi connectivity index (χ0n) is 11.8. The van der Waals surface area contributed by atoms with Gasteiger partial charge in [0.1, 0.15) is 41.2 Å². The molecule has 0 amide bonds. The molecule has 0 N–H and O–H groups in total. The Morgan fingerprint density at radius 1 is 0.955 bits per heavy atom. The Kier molecular flexibility index (Phi) is 4.24. The second-order valence-electron chi connectivity index (χ2n) is 4.47. The molecule has 0 spiro atoms. The van der Waals surface area contributed by atoms with Crippen molar-refractivity contribution in [3.8, 4) is 30.0 Å². The molecule has 22 heavy (non-hydrogen) atoms. The highest BCUT2D eigenvalue weighted by Gasteiger charge is 2.27. The molecule has 0 unspecified atom stereocenters. The Labute approximate surface area is 128 Å². The quantitative estimate of drug-likeness (QED) is 0.777. The van der Waals surface area contributed by atoms with Gasteiger partial charge in [-0.3, -0.25) is 0 Å².